The van der Waals surface area contributed by atoms with E-state index >= 15 is 0 Å². The third-order valence-corrected chi connectivity index (χ3v) is 7.59. The van der Waals surface area contributed by atoms with Crippen LogP contribution in [0.2, 0.25) is 0 Å². The summed E-state index contributed by atoms with van der Waals surface area (Å²) < 4.78 is 10.8. The van der Waals surface area contributed by atoms with Gasteiger partial charge < -0.3 is 24.2 Å². The second kappa shape index (κ2) is 13.5. The highest BCUT2D eigenvalue weighted by Gasteiger charge is 2.39. The fraction of sp³-hybridized carbons (Fsp3) is 0.529. The topological polar surface area (TPSA) is 130 Å². The number of aromatic nitrogens is 1. The van der Waals surface area contributed by atoms with E-state index in [1.165, 1.54) is 17.0 Å². The molecule has 2 fully saturated rings. The van der Waals surface area contributed by atoms with Crippen LogP contribution >= 0.6 is 0 Å². The number of amides is 5. The molecule has 3 heterocycles. The summed E-state index contributed by atoms with van der Waals surface area (Å²) in [6.45, 7) is 15.9. The SMILES string of the molecule is CCc1cnc(N2CCN(C(=O)c3ccc(N4CCCC4=O)cc3C(=O)N(C(=O)OC(C)(C)C)C(=O)OC(C)(C)C)CC2)c(C)c1. The molecule has 248 valence electrons. The van der Waals surface area contributed by atoms with Gasteiger partial charge in [0.05, 0.1) is 11.1 Å². The fourth-order valence-corrected chi connectivity index (χ4v) is 5.40. The Labute approximate surface area is 270 Å². The van der Waals surface area contributed by atoms with Crippen molar-refractivity contribution in [3.8, 4) is 0 Å². The first-order valence-corrected chi connectivity index (χ1v) is 15.7. The van der Waals surface area contributed by atoms with Crippen molar-refractivity contribution in [3.05, 3.63) is 52.7 Å². The zero-order chi connectivity index (χ0) is 34.0. The highest BCUT2D eigenvalue weighted by Crippen LogP contribution is 2.28. The molecule has 0 N–H and O–H groups in total. The lowest BCUT2D eigenvalue weighted by atomic mass is 10.0. The molecule has 46 heavy (non-hydrogen) atoms. The molecule has 0 unspecified atom stereocenters. The van der Waals surface area contributed by atoms with Crippen LogP contribution in [-0.4, -0.2) is 88.6 Å². The highest BCUT2D eigenvalue weighted by atomic mass is 16.6. The first-order valence-electron chi connectivity index (χ1n) is 15.7. The van der Waals surface area contributed by atoms with E-state index in [4.69, 9.17) is 9.47 Å². The Bertz CT molecular complexity index is 1490. The Balaban J connectivity index is 1.69. The minimum absolute atomic E-state index is 0.00688. The minimum atomic E-state index is -1.24. The standard InChI is InChI=1S/C34H45N5O7/c1-9-23-19-22(2)28(35-21-23)36-15-17-37(18-16-36)29(41)25-13-12-24(38-14-10-11-27(38)40)20-26(25)30(42)39(31(43)45-33(3,4)5)32(44)46-34(6,7)8/h12-13,19-21H,9-11,14-18H2,1-8H3. The van der Waals surface area contributed by atoms with Crippen molar-refractivity contribution in [1.82, 2.24) is 14.8 Å². The number of rotatable bonds is 5. The molecule has 1 aromatic heterocycles. The first kappa shape index (κ1) is 34.4. The molecule has 0 atom stereocenters. The van der Waals surface area contributed by atoms with E-state index in [1.54, 1.807) is 52.5 Å². The second-order valence-corrected chi connectivity index (χ2v) is 13.6. The number of hydrogen-bond donors (Lipinski definition) is 0. The lowest BCUT2D eigenvalue weighted by Crippen LogP contribution is -2.50. The van der Waals surface area contributed by atoms with Crippen molar-refractivity contribution in [2.75, 3.05) is 42.5 Å². The van der Waals surface area contributed by atoms with Gasteiger partial charge in [-0.15, -0.1) is 4.90 Å². The van der Waals surface area contributed by atoms with Crippen LogP contribution in [-0.2, 0) is 20.7 Å². The van der Waals surface area contributed by atoms with Crippen LogP contribution in [0, 0.1) is 6.92 Å². The summed E-state index contributed by atoms with van der Waals surface area (Å²) in [6.07, 6.45) is 1.28. The maximum absolute atomic E-state index is 14.2. The van der Waals surface area contributed by atoms with Crippen LogP contribution in [0.15, 0.2) is 30.5 Å². The molecular weight excluding hydrogens is 590 g/mol. The molecule has 12 heteroatoms. The molecular formula is C34H45N5O7. The summed E-state index contributed by atoms with van der Waals surface area (Å²) in [4.78, 5) is 77.7. The van der Waals surface area contributed by atoms with Crippen LogP contribution in [0.4, 0.5) is 21.1 Å². The fourth-order valence-electron chi connectivity index (χ4n) is 5.40. The summed E-state index contributed by atoms with van der Waals surface area (Å²) in [7, 11) is 0. The van der Waals surface area contributed by atoms with Crippen molar-refractivity contribution < 1.29 is 33.4 Å². The third-order valence-electron chi connectivity index (χ3n) is 7.59. The van der Waals surface area contributed by atoms with Crippen molar-refractivity contribution in [1.29, 1.82) is 0 Å². The molecule has 12 nitrogen and oxygen atoms in total. The van der Waals surface area contributed by atoms with E-state index in [-0.39, 0.29) is 21.9 Å². The molecule has 0 radical (unpaired) electrons. The quantitative estimate of drug-likeness (QED) is 0.427. The Hall–Kier alpha value is -4.48. The van der Waals surface area contributed by atoms with Gasteiger partial charge in [0.1, 0.15) is 17.0 Å². The number of ether oxygens (including phenoxy) is 2. The van der Waals surface area contributed by atoms with Gasteiger partial charge in [-0.1, -0.05) is 13.0 Å². The van der Waals surface area contributed by atoms with Gasteiger partial charge in [0.25, 0.3) is 11.8 Å². The zero-order valence-corrected chi connectivity index (χ0v) is 28.1. The molecule has 5 amide bonds. The van der Waals surface area contributed by atoms with Crippen LogP contribution in [0.3, 0.4) is 0 Å². The Morgan fingerprint density at radius 2 is 1.48 bits per heavy atom. The van der Waals surface area contributed by atoms with Crippen LogP contribution in [0.25, 0.3) is 0 Å². The smallest absolute Gasteiger partial charge is 0.427 e. The molecule has 0 aliphatic carbocycles. The molecule has 2 saturated heterocycles. The summed E-state index contributed by atoms with van der Waals surface area (Å²) in [5.74, 6) is -0.790. The van der Waals surface area contributed by atoms with E-state index < -0.39 is 35.2 Å². The Kier molecular flexibility index (Phi) is 10.1. The summed E-state index contributed by atoms with van der Waals surface area (Å²) >= 11 is 0. The molecule has 4 rings (SSSR count). The molecule has 0 saturated carbocycles. The minimum Gasteiger partial charge on any atom is -0.443 e. The van der Waals surface area contributed by atoms with Crippen molar-refractivity contribution in [3.63, 3.8) is 0 Å². The van der Waals surface area contributed by atoms with E-state index in [1.807, 2.05) is 13.1 Å². The number of piperazine rings is 1. The Morgan fingerprint density at radius 3 is 1.98 bits per heavy atom. The van der Waals surface area contributed by atoms with Gasteiger partial charge in [-0.05, 0) is 90.6 Å². The monoisotopic (exact) mass is 635 g/mol. The molecule has 0 bridgehead atoms. The maximum Gasteiger partial charge on any atom is 0.427 e. The highest BCUT2D eigenvalue weighted by molar-refractivity contribution is 6.17. The number of hydrogen-bond acceptors (Lipinski definition) is 9. The number of pyridine rings is 1. The molecule has 2 aliphatic rings. The number of anilines is 2. The first-order chi connectivity index (χ1) is 21.5. The van der Waals surface area contributed by atoms with Gasteiger partial charge in [0.2, 0.25) is 5.91 Å². The number of imide groups is 3. The largest absolute Gasteiger partial charge is 0.443 e. The summed E-state index contributed by atoms with van der Waals surface area (Å²) in [5.41, 5.74) is 0.300. The van der Waals surface area contributed by atoms with Gasteiger partial charge in [-0.25, -0.2) is 14.6 Å². The molecule has 0 spiro atoms. The average Bonchev–Trinajstić information content (AvgIpc) is 3.40. The van der Waals surface area contributed by atoms with Crippen LogP contribution in [0.5, 0.6) is 0 Å². The van der Waals surface area contributed by atoms with Crippen molar-refractivity contribution in [2.45, 2.75) is 85.9 Å². The van der Waals surface area contributed by atoms with Gasteiger partial charge in [0, 0.05) is 51.0 Å². The molecule has 2 aliphatic heterocycles. The lowest BCUT2D eigenvalue weighted by molar-refractivity contribution is -0.117. The number of carbonyl (C=O) groups excluding carboxylic acids is 5. The van der Waals surface area contributed by atoms with E-state index in [2.05, 4.69) is 22.9 Å². The van der Waals surface area contributed by atoms with Gasteiger partial charge in [-0.3, -0.25) is 14.4 Å². The summed E-state index contributed by atoms with van der Waals surface area (Å²) in [6, 6.07) is 6.59. The number of carbonyl (C=O) groups is 5. The second-order valence-electron chi connectivity index (χ2n) is 13.6. The van der Waals surface area contributed by atoms with Gasteiger partial charge in [-0.2, -0.15) is 0 Å². The Morgan fingerprint density at radius 1 is 0.870 bits per heavy atom. The average molecular weight is 636 g/mol. The van der Waals surface area contributed by atoms with Gasteiger partial charge in [0.15, 0.2) is 0 Å². The maximum atomic E-state index is 14.2. The third kappa shape index (κ3) is 8.02. The van der Waals surface area contributed by atoms with E-state index in [0.717, 1.165) is 23.4 Å². The van der Waals surface area contributed by atoms with Crippen molar-refractivity contribution >= 4 is 41.4 Å². The predicted octanol–water partition coefficient (Wildman–Crippen LogP) is 5.35. The predicted molar refractivity (Wildman–Crippen MR) is 173 cm³/mol. The van der Waals surface area contributed by atoms with Crippen molar-refractivity contribution in [2.24, 2.45) is 0 Å². The van der Waals surface area contributed by atoms with Crippen LogP contribution < -0.4 is 9.80 Å². The number of nitrogens with zero attached hydrogens (tertiary/aromatic N) is 5. The van der Waals surface area contributed by atoms with E-state index in [9.17, 15) is 24.0 Å². The lowest BCUT2D eigenvalue weighted by Gasteiger charge is -2.36. The molecule has 1 aromatic carbocycles. The van der Waals surface area contributed by atoms with Gasteiger partial charge >= 0.3 is 12.2 Å². The normalized spacial score (nSPS) is 15.6. The summed E-state index contributed by atoms with van der Waals surface area (Å²) in [5, 5.41) is 0. The number of benzene rings is 1. The van der Waals surface area contributed by atoms with Crippen LogP contribution in [0.1, 0.15) is 93.2 Å². The van der Waals surface area contributed by atoms with E-state index in [0.29, 0.717) is 51.3 Å². The molecule has 2 aromatic rings. The number of aryl methyl sites for hydroxylation is 2. The zero-order valence-electron chi connectivity index (χ0n) is 28.1.